The van der Waals surface area contributed by atoms with Gasteiger partial charge in [-0.1, -0.05) is 170 Å². The lowest BCUT2D eigenvalue weighted by atomic mass is 10.1. The van der Waals surface area contributed by atoms with Crippen LogP contribution in [-0.2, 0) is 0 Å². The minimum absolute atomic E-state index is 0.891. The van der Waals surface area contributed by atoms with E-state index in [1.54, 1.807) is 0 Å². The SMILES string of the molecule is c1ccc([Si](c2ccccc2)(c2ccccc2)c2cccc3c4ccccc4n(-c4ccc5c(c4)c4ccccc4n5-c4cccc5oc6ccccc6c45)c23)cc1. The molecule has 4 heteroatoms. The second-order valence-corrected chi connectivity index (χ2v) is 19.0. The molecule has 3 nitrogen and oxygen atoms in total. The van der Waals surface area contributed by atoms with Crippen molar-refractivity contribution in [2.24, 2.45) is 0 Å². The Bertz CT molecular complexity index is 3410. The van der Waals surface area contributed by atoms with Gasteiger partial charge in [-0.25, -0.2) is 0 Å². The summed E-state index contributed by atoms with van der Waals surface area (Å²) >= 11 is 0. The van der Waals surface area contributed by atoms with Gasteiger partial charge in [-0.3, -0.25) is 0 Å². The van der Waals surface area contributed by atoms with E-state index in [1.807, 2.05) is 6.07 Å². The van der Waals surface area contributed by atoms with Crippen LogP contribution in [0.3, 0.4) is 0 Å². The molecule has 0 aliphatic heterocycles. The fraction of sp³-hybridized carbons (Fsp3) is 0. The van der Waals surface area contributed by atoms with Gasteiger partial charge in [0.1, 0.15) is 11.2 Å². The van der Waals surface area contributed by atoms with Gasteiger partial charge >= 0.3 is 0 Å². The number of nitrogens with zero attached hydrogens (tertiary/aromatic N) is 2. The van der Waals surface area contributed by atoms with Crippen molar-refractivity contribution in [2.45, 2.75) is 0 Å². The summed E-state index contributed by atoms with van der Waals surface area (Å²) in [7, 11) is -2.90. The van der Waals surface area contributed by atoms with Crippen LogP contribution in [-0.4, -0.2) is 17.2 Å². The Balaban J connectivity index is 1.20. The maximum atomic E-state index is 6.39. The first-order valence-electron chi connectivity index (χ1n) is 19.9. The van der Waals surface area contributed by atoms with Crippen molar-refractivity contribution in [3.05, 3.63) is 218 Å². The highest BCUT2D eigenvalue weighted by atomic mass is 28.3. The van der Waals surface area contributed by atoms with Gasteiger partial charge in [0.2, 0.25) is 0 Å². The van der Waals surface area contributed by atoms with Gasteiger partial charge in [0.05, 0.1) is 33.1 Å². The van der Waals surface area contributed by atoms with Crippen molar-refractivity contribution >= 4 is 94.4 Å². The van der Waals surface area contributed by atoms with Gasteiger partial charge in [-0.2, -0.15) is 0 Å². The molecule has 0 N–H and O–H groups in total. The van der Waals surface area contributed by atoms with Crippen molar-refractivity contribution in [3.63, 3.8) is 0 Å². The first-order chi connectivity index (χ1) is 28.8. The van der Waals surface area contributed by atoms with Gasteiger partial charge in [0, 0.05) is 32.6 Å². The maximum Gasteiger partial charge on any atom is 0.181 e. The van der Waals surface area contributed by atoms with E-state index in [-0.39, 0.29) is 0 Å². The van der Waals surface area contributed by atoms with Crippen molar-refractivity contribution < 1.29 is 4.42 Å². The van der Waals surface area contributed by atoms with Gasteiger partial charge in [0.15, 0.2) is 8.07 Å². The van der Waals surface area contributed by atoms with E-state index in [0.29, 0.717) is 0 Å². The highest BCUT2D eigenvalue weighted by molar-refractivity contribution is 7.20. The molecule has 3 aromatic heterocycles. The standard InChI is InChI=1S/C54H36N2OSi/c1-4-18-38(19-5-1)58(39-20-6-2-7-21-39,40-22-8-3-9-23-40)52-33-16-27-43-41-24-10-13-28-46(41)55(54(43)52)37-34-35-48-45(36-37)42-25-11-14-29-47(42)56(48)49-30-17-32-51-53(49)44-26-12-15-31-50(44)57-51/h1-36H. The minimum atomic E-state index is -2.90. The van der Waals surface area contributed by atoms with Crippen LogP contribution in [0.25, 0.3) is 76.9 Å². The van der Waals surface area contributed by atoms with E-state index in [4.69, 9.17) is 4.42 Å². The molecule has 0 spiro atoms. The Morgan fingerprint density at radius 3 is 1.52 bits per heavy atom. The first kappa shape index (κ1) is 32.8. The van der Waals surface area contributed by atoms with E-state index in [1.165, 1.54) is 58.8 Å². The van der Waals surface area contributed by atoms with Crippen LogP contribution in [0.2, 0.25) is 0 Å². The number of hydrogen-bond donors (Lipinski definition) is 0. The third kappa shape index (κ3) is 4.61. The van der Waals surface area contributed by atoms with Crippen LogP contribution in [0.1, 0.15) is 0 Å². The predicted octanol–water partition coefficient (Wildman–Crippen LogP) is 11.2. The molecule has 58 heavy (non-hydrogen) atoms. The average Bonchev–Trinajstić information content (AvgIpc) is 3.96. The second kappa shape index (κ2) is 12.8. The van der Waals surface area contributed by atoms with Crippen molar-refractivity contribution in [1.29, 1.82) is 0 Å². The third-order valence-corrected chi connectivity index (χ3v) is 17.1. The topological polar surface area (TPSA) is 23.0 Å². The fourth-order valence-electron chi connectivity index (χ4n) is 9.92. The van der Waals surface area contributed by atoms with Crippen LogP contribution in [0, 0.1) is 0 Å². The number of hydrogen-bond acceptors (Lipinski definition) is 1. The number of benzene rings is 9. The molecular formula is C54H36N2OSi. The molecule has 0 fully saturated rings. The third-order valence-electron chi connectivity index (χ3n) is 12.3. The summed E-state index contributed by atoms with van der Waals surface area (Å²) in [5.74, 6) is 0. The molecule has 0 saturated carbocycles. The van der Waals surface area contributed by atoms with Gasteiger partial charge in [0.25, 0.3) is 0 Å². The van der Waals surface area contributed by atoms with Crippen molar-refractivity contribution in [3.8, 4) is 11.4 Å². The summed E-state index contributed by atoms with van der Waals surface area (Å²) in [6, 6.07) is 80.3. The second-order valence-electron chi connectivity index (χ2n) is 15.2. The molecule has 0 radical (unpaired) electrons. The largest absolute Gasteiger partial charge is 0.456 e. The van der Waals surface area contributed by atoms with Crippen LogP contribution in [0.5, 0.6) is 0 Å². The van der Waals surface area contributed by atoms with E-state index >= 15 is 0 Å². The lowest BCUT2D eigenvalue weighted by Crippen LogP contribution is -2.75. The Morgan fingerprint density at radius 1 is 0.345 bits per heavy atom. The summed E-state index contributed by atoms with van der Waals surface area (Å²) in [5.41, 5.74) is 8.81. The molecule has 0 aliphatic rings. The average molecular weight is 757 g/mol. The minimum Gasteiger partial charge on any atom is -0.456 e. The predicted molar refractivity (Wildman–Crippen MR) is 246 cm³/mol. The van der Waals surface area contributed by atoms with E-state index in [9.17, 15) is 0 Å². The van der Waals surface area contributed by atoms with Gasteiger partial charge in [-0.15, -0.1) is 0 Å². The Hall–Kier alpha value is -7.40. The normalized spacial score (nSPS) is 12.1. The molecule has 9 aromatic carbocycles. The zero-order valence-corrected chi connectivity index (χ0v) is 32.6. The maximum absolute atomic E-state index is 6.39. The van der Waals surface area contributed by atoms with Crippen LogP contribution < -0.4 is 20.7 Å². The summed E-state index contributed by atoms with van der Waals surface area (Å²) in [4.78, 5) is 0. The van der Waals surface area contributed by atoms with Crippen LogP contribution in [0.4, 0.5) is 0 Å². The molecule has 0 bridgehead atoms. The molecule has 12 aromatic rings. The van der Waals surface area contributed by atoms with E-state index in [0.717, 1.165) is 38.8 Å². The van der Waals surface area contributed by atoms with Gasteiger partial charge in [-0.05, 0) is 69.3 Å². The molecular weight excluding hydrogens is 721 g/mol. The van der Waals surface area contributed by atoms with E-state index in [2.05, 4.69) is 221 Å². The lowest BCUT2D eigenvalue weighted by molar-refractivity contribution is 0.669. The zero-order chi connectivity index (χ0) is 38.2. The number of fused-ring (bicyclic) bond motifs is 9. The summed E-state index contributed by atoms with van der Waals surface area (Å²) in [5, 5.41) is 12.6. The Kier molecular flexibility index (Phi) is 7.25. The molecule has 0 amide bonds. The Morgan fingerprint density at radius 2 is 0.845 bits per heavy atom. The first-order valence-corrected chi connectivity index (χ1v) is 21.9. The molecule has 12 rings (SSSR count). The number of aromatic nitrogens is 2. The molecule has 0 aliphatic carbocycles. The quantitative estimate of drug-likeness (QED) is 0.122. The monoisotopic (exact) mass is 756 g/mol. The Labute approximate surface area is 336 Å². The number of furan rings is 1. The smallest absolute Gasteiger partial charge is 0.181 e. The highest BCUT2D eigenvalue weighted by Crippen LogP contribution is 2.40. The molecule has 0 atom stereocenters. The zero-order valence-electron chi connectivity index (χ0n) is 31.6. The lowest BCUT2D eigenvalue weighted by Gasteiger charge is -2.35. The molecule has 0 unspecified atom stereocenters. The van der Waals surface area contributed by atoms with Gasteiger partial charge < -0.3 is 13.6 Å². The van der Waals surface area contributed by atoms with Crippen LogP contribution >= 0.6 is 0 Å². The van der Waals surface area contributed by atoms with Crippen molar-refractivity contribution in [1.82, 2.24) is 9.13 Å². The summed E-state index contributed by atoms with van der Waals surface area (Å²) in [6.45, 7) is 0. The van der Waals surface area contributed by atoms with E-state index < -0.39 is 8.07 Å². The fourth-order valence-corrected chi connectivity index (χ4v) is 14.9. The molecule has 0 saturated heterocycles. The molecule has 272 valence electrons. The highest BCUT2D eigenvalue weighted by Gasteiger charge is 2.43. The summed E-state index contributed by atoms with van der Waals surface area (Å²) in [6.07, 6.45) is 0. The van der Waals surface area contributed by atoms with Crippen molar-refractivity contribution in [2.75, 3.05) is 0 Å². The van der Waals surface area contributed by atoms with Crippen LogP contribution in [0.15, 0.2) is 223 Å². The molecule has 3 heterocycles. The number of rotatable bonds is 6. The summed E-state index contributed by atoms with van der Waals surface area (Å²) < 4.78 is 11.4. The number of para-hydroxylation sites is 4.